The van der Waals surface area contributed by atoms with Crippen LogP contribution in [0, 0.1) is 6.92 Å². The summed E-state index contributed by atoms with van der Waals surface area (Å²) in [6, 6.07) is 12.9. The van der Waals surface area contributed by atoms with Crippen molar-refractivity contribution in [2.24, 2.45) is 5.73 Å². The number of halogens is 2. The van der Waals surface area contributed by atoms with Crippen molar-refractivity contribution in [1.82, 2.24) is 14.3 Å². The number of amides is 1. The maximum absolute atomic E-state index is 12.9. The van der Waals surface area contributed by atoms with Gasteiger partial charge in [-0.15, -0.1) is 0 Å². The van der Waals surface area contributed by atoms with E-state index in [-0.39, 0.29) is 24.6 Å². The van der Waals surface area contributed by atoms with Crippen LogP contribution in [-0.4, -0.2) is 26.8 Å². The Balaban J connectivity index is 1.74. The van der Waals surface area contributed by atoms with Crippen LogP contribution in [0.4, 0.5) is 20.2 Å². The molecule has 0 spiro atoms. The Kier molecular flexibility index (Phi) is 5.51. The lowest BCUT2D eigenvalue weighted by Crippen LogP contribution is -2.31. The highest BCUT2D eigenvalue weighted by atomic mass is 19.3. The Labute approximate surface area is 177 Å². The Bertz CT molecular complexity index is 1240. The van der Waals surface area contributed by atoms with Gasteiger partial charge in [-0.25, -0.2) is 14.0 Å². The van der Waals surface area contributed by atoms with Crippen LogP contribution >= 0.6 is 0 Å². The molecule has 4 rings (SSSR count). The summed E-state index contributed by atoms with van der Waals surface area (Å²) in [7, 11) is 0. The predicted octanol–water partition coefficient (Wildman–Crippen LogP) is 3.06. The molecule has 0 radical (unpaired) electrons. The van der Waals surface area contributed by atoms with Gasteiger partial charge < -0.3 is 5.73 Å². The van der Waals surface area contributed by atoms with Crippen LogP contribution in [0.15, 0.2) is 65.2 Å². The van der Waals surface area contributed by atoms with Crippen molar-refractivity contribution in [3.05, 3.63) is 82.1 Å². The molecule has 0 fully saturated rings. The number of hydrogen-bond donors (Lipinski definition) is 1. The molecule has 1 amide bonds. The summed E-state index contributed by atoms with van der Waals surface area (Å²) in [5.74, 6) is -0.0295. The molecule has 1 aliphatic heterocycles. The predicted molar refractivity (Wildman–Crippen MR) is 113 cm³/mol. The fraction of sp³-hybridized carbons (Fsp3) is 0.227. The maximum Gasteiger partial charge on any atom is 0.350 e. The third-order valence-corrected chi connectivity index (χ3v) is 5.36. The van der Waals surface area contributed by atoms with Crippen LogP contribution in [0.3, 0.4) is 0 Å². The van der Waals surface area contributed by atoms with Gasteiger partial charge in [0.1, 0.15) is 6.33 Å². The average molecular weight is 425 g/mol. The summed E-state index contributed by atoms with van der Waals surface area (Å²) < 4.78 is 28.0. The van der Waals surface area contributed by atoms with Gasteiger partial charge in [0, 0.05) is 18.5 Å². The number of nitrogens with zero attached hydrogens (tertiary/aromatic N) is 4. The molecule has 1 aromatic heterocycles. The highest BCUT2D eigenvalue weighted by Crippen LogP contribution is 2.37. The van der Waals surface area contributed by atoms with Gasteiger partial charge in [-0.1, -0.05) is 24.3 Å². The summed E-state index contributed by atoms with van der Waals surface area (Å²) in [6.07, 6.45) is 0.425. The normalized spacial score (nSPS) is 13.3. The van der Waals surface area contributed by atoms with Crippen molar-refractivity contribution in [2.45, 2.75) is 26.3 Å². The quantitative estimate of drug-likeness (QED) is 0.681. The number of nitrogens with two attached hydrogens (primary N) is 1. The monoisotopic (exact) mass is 425 g/mol. The zero-order chi connectivity index (χ0) is 22.1. The molecular weight excluding hydrogens is 404 g/mol. The molecule has 31 heavy (non-hydrogen) atoms. The van der Waals surface area contributed by atoms with E-state index < -0.39 is 11.8 Å². The fourth-order valence-electron chi connectivity index (χ4n) is 3.78. The number of anilines is 2. The minimum atomic E-state index is -1.91. The molecule has 2 N–H and O–H groups in total. The lowest BCUT2D eigenvalue weighted by Gasteiger charge is -2.31. The molecule has 0 aliphatic carbocycles. The molecule has 0 unspecified atom stereocenters. The summed E-state index contributed by atoms with van der Waals surface area (Å²) >= 11 is 0. The minimum Gasteiger partial charge on any atom is -0.327 e. The summed E-state index contributed by atoms with van der Waals surface area (Å²) in [4.78, 5) is 27.2. The highest BCUT2D eigenvalue weighted by molar-refractivity contribution is 6.04. The smallest absolute Gasteiger partial charge is 0.327 e. The molecule has 160 valence electrons. The van der Waals surface area contributed by atoms with E-state index in [1.807, 2.05) is 25.1 Å². The summed E-state index contributed by atoms with van der Waals surface area (Å²) in [5.41, 5.74) is 8.42. The van der Waals surface area contributed by atoms with Crippen molar-refractivity contribution in [3.8, 4) is 5.69 Å². The lowest BCUT2D eigenvalue weighted by atomic mass is 9.97. The van der Waals surface area contributed by atoms with E-state index in [1.165, 1.54) is 10.9 Å². The third-order valence-electron chi connectivity index (χ3n) is 5.36. The van der Waals surface area contributed by atoms with Crippen LogP contribution < -0.4 is 16.3 Å². The Morgan fingerprint density at radius 2 is 1.84 bits per heavy atom. The second-order valence-electron chi connectivity index (χ2n) is 7.34. The number of aromatic nitrogens is 3. The van der Waals surface area contributed by atoms with Gasteiger partial charge in [0.05, 0.1) is 23.6 Å². The first kappa shape index (κ1) is 20.7. The summed E-state index contributed by atoms with van der Waals surface area (Å²) in [5, 5.41) is 3.93. The number of rotatable bonds is 5. The molecule has 2 aromatic carbocycles. The van der Waals surface area contributed by atoms with Gasteiger partial charge in [-0.05, 0) is 42.7 Å². The minimum absolute atomic E-state index is 0.0295. The Morgan fingerprint density at radius 1 is 1.10 bits per heavy atom. The molecule has 9 heteroatoms. The largest absolute Gasteiger partial charge is 0.350 e. The van der Waals surface area contributed by atoms with E-state index in [1.54, 1.807) is 29.2 Å². The molecule has 0 saturated carbocycles. The van der Waals surface area contributed by atoms with Crippen molar-refractivity contribution in [1.29, 1.82) is 0 Å². The van der Waals surface area contributed by atoms with Crippen LogP contribution in [0.1, 0.15) is 17.5 Å². The van der Waals surface area contributed by atoms with Gasteiger partial charge >= 0.3 is 5.69 Å². The zero-order valence-corrected chi connectivity index (χ0v) is 16.9. The first-order valence-corrected chi connectivity index (χ1v) is 9.80. The van der Waals surface area contributed by atoms with E-state index in [2.05, 4.69) is 5.10 Å². The Hall–Kier alpha value is -3.59. The second kappa shape index (κ2) is 8.27. The molecule has 0 atom stereocenters. The van der Waals surface area contributed by atoms with Crippen LogP contribution in [0.2, 0.25) is 0 Å². The van der Waals surface area contributed by atoms with Gasteiger partial charge in [-0.2, -0.15) is 13.9 Å². The third kappa shape index (κ3) is 3.79. The second-order valence-corrected chi connectivity index (χ2v) is 7.34. The van der Waals surface area contributed by atoms with Crippen molar-refractivity contribution >= 4 is 17.3 Å². The number of hydrogen-bond acceptors (Lipinski definition) is 4. The molecule has 2 heterocycles. The number of benzene rings is 2. The van der Waals surface area contributed by atoms with E-state index in [9.17, 15) is 18.4 Å². The van der Waals surface area contributed by atoms with Gasteiger partial charge in [0.25, 0.3) is 6.08 Å². The number of para-hydroxylation sites is 1. The van der Waals surface area contributed by atoms with Crippen molar-refractivity contribution < 1.29 is 13.6 Å². The first-order chi connectivity index (χ1) is 14.9. The molecule has 0 saturated heterocycles. The maximum atomic E-state index is 12.9. The number of carbonyl (C=O) groups excluding carboxylic acids is 1. The number of aryl methyl sites for hydroxylation is 2. The van der Waals surface area contributed by atoms with Gasteiger partial charge in [0.2, 0.25) is 5.91 Å². The lowest BCUT2D eigenvalue weighted by molar-refractivity contribution is -0.118. The van der Waals surface area contributed by atoms with E-state index >= 15 is 0 Å². The van der Waals surface area contributed by atoms with E-state index in [4.69, 9.17) is 5.73 Å². The number of carbonyl (C=O) groups is 1. The van der Waals surface area contributed by atoms with Crippen molar-refractivity contribution in [3.63, 3.8) is 0 Å². The molecule has 1 aliphatic rings. The molecule has 7 nitrogen and oxygen atoms in total. The zero-order valence-electron chi connectivity index (χ0n) is 16.9. The molecular formula is C22H21F2N5O2. The van der Waals surface area contributed by atoms with Crippen LogP contribution in [0.25, 0.3) is 5.69 Å². The standard InChI is InChI=1S/C22H21F2N5O2/c1-14-4-2-5-15-8-9-19(30)29(20(14)15)18-7-3-6-17(10-18)27-13-26-28(22(27)31)12-16(11-25)21(23)24/h2-7,10,13H,8-9,11-12,25H2,1H3. The average Bonchev–Trinajstić information content (AvgIpc) is 3.12. The van der Waals surface area contributed by atoms with Crippen LogP contribution in [-0.2, 0) is 17.8 Å². The topological polar surface area (TPSA) is 86.2 Å². The summed E-state index contributed by atoms with van der Waals surface area (Å²) in [6.45, 7) is 1.20. The SMILES string of the molecule is Cc1cccc2c1N(c1cccc(-n3cnn(CC(CN)=C(F)F)c3=O)c1)C(=O)CC2. The van der Waals surface area contributed by atoms with Gasteiger partial charge in [0.15, 0.2) is 0 Å². The first-order valence-electron chi connectivity index (χ1n) is 9.80. The molecule has 3 aromatic rings. The van der Waals surface area contributed by atoms with Gasteiger partial charge in [-0.3, -0.25) is 9.69 Å². The highest BCUT2D eigenvalue weighted by Gasteiger charge is 2.27. The number of fused-ring (bicyclic) bond motifs is 1. The fourth-order valence-corrected chi connectivity index (χ4v) is 3.78. The van der Waals surface area contributed by atoms with E-state index in [0.29, 0.717) is 24.2 Å². The van der Waals surface area contributed by atoms with Crippen molar-refractivity contribution in [2.75, 3.05) is 11.4 Å². The molecule has 0 bridgehead atoms. The van der Waals surface area contributed by atoms with Crippen LogP contribution in [0.5, 0.6) is 0 Å². The Morgan fingerprint density at radius 3 is 2.58 bits per heavy atom. The van der Waals surface area contributed by atoms with E-state index in [0.717, 1.165) is 21.5 Å².